The van der Waals surface area contributed by atoms with Gasteiger partial charge in [-0.05, 0) is 61.9 Å². The van der Waals surface area contributed by atoms with Gasteiger partial charge in [0.1, 0.15) is 0 Å². The van der Waals surface area contributed by atoms with Crippen molar-refractivity contribution in [2.24, 2.45) is 11.1 Å². The summed E-state index contributed by atoms with van der Waals surface area (Å²) in [4.78, 5) is 13.2. The molecule has 1 aromatic rings. The number of likely N-dealkylation sites (tertiary alicyclic amines) is 1. The molecular formula is C17H23ClN2O2. The summed E-state index contributed by atoms with van der Waals surface area (Å²) in [5, 5.41) is 0.782. The summed E-state index contributed by atoms with van der Waals surface area (Å²) in [7, 11) is 0. The van der Waals surface area contributed by atoms with Crippen LogP contribution in [0.4, 0.5) is 0 Å². The summed E-state index contributed by atoms with van der Waals surface area (Å²) in [5.74, 6) is -0.238. The summed E-state index contributed by atoms with van der Waals surface area (Å²) in [6.45, 7) is 3.10. The van der Waals surface area contributed by atoms with Crippen LogP contribution in [0, 0.1) is 5.41 Å². The van der Waals surface area contributed by atoms with Crippen molar-refractivity contribution < 1.29 is 9.53 Å². The van der Waals surface area contributed by atoms with E-state index in [9.17, 15) is 4.79 Å². The standard InChI is InChI=1S/C17H23ClN2O2/c18-14-3-1-2-13(8-14)9-15-10-17(12-22-15)4-6-20(7-5-17)11-16(19)21/h1-3,8,15H,4-7,9-12H2,(H2,19,21). The number of halogens is 1. The third kappa shape index (κ3) is 3.80. The Hall–Kier alpha value is -1.10. The van der Waals surface area contributed by atoms with Crippen molar-refractivity contribution in [2.75, 3.05) is 26.2 Å². The molecule has 120 valence electrons. The summed E-state index contributed by atoms with van der Waals surface area (Å²) in [6.07, 6.45) is 4.48. The van der Waals surface area contributed by atoms with Crippen LogP contribution in [0.2, 0.25) is 5.02 Å². The van der Waals surface area contributed by atoms with E-state index in [-0.39, 0.29) is 17.4 Å². The molecule has 2 aliphatic rings. The van der Waals surface area contributed by atoms with Crippen LogP contribution in [0.1, 0.15) is 24.8 Å². The van der Waals surface area contributed by atoms with Gasteiger partial charge < -0.3 is 10.5 Å². The van der Waals surface area contributed by atoms with Gasteiger partial charge >= 0.3 is 0 Å². The number of ether oxygens (including phenoxy) is 1. The highest BCUT2D eigenvalue weighted by molar-refractivity contribution is 6.30. The Morgan fingerprint density at radius 3 is 2.86 bits per heavy atom. The highest BCUT2D eigenvalue weighted by Crippen LogP contribution is 2.42. The minimum absolute atomic E-state index is 0.238. The third-order valence-electron chi connectivity index (χ3n) is 4.93. The van der Waals surface area contributed by atoms with Crippen molar-refractivity contribution in [3.05, 3.63) is 34.9 Å². The number of piperidine rings is 1. The SMILES string of the molecule is NC(=O)CN1CCC2(CC1)COC(Cc1cccc(Cl)c1)C2. The Morgan fingerprint density at radius 2 is 2.18 bits per heavy atom. The van der Waals surface area contributed by atoms with E-state index in [0.717, 1.165) is 50.4 Å². The topological polar surface area (TPSA) is 55.6 Å². The van der Waals surface area contributed by atoms with Gasteiger partial charge in [-0.3, -0.25) is 9.69 Å². The molecule has 1 aromatic carbocycles. The molecule has 2 aliphatic heterocycles. The fraction of sp³-hybridized carbons (Fsp3) is 0.588. The number of hydrogen-bond acceptors (Lipinski definition) is 3. The Kier molecular flexibility index (Phi) is 4.71. The lowest BCUT2D eigenvalue weighted by Gasteiger charge is -2.37. The summed E-state index contributed by atoms with van der Waals surface area (Å²) in [6, 6.07) is 8.02. The van der Waals surface area contributed by atoms with Crippen molar-refractivity contribution in [1.29, 1.82) is 0 Å². The largest absolute Gasteiger partial charge is 0.377 e. The molecule has 2 fully saturated rings. The number of primary amides is 1. The predicted octanol–water partition coefficient (Wildman–Crippen LogP) is 2.24. The van der Waals surface area contributed by atoms with Crippen molar-refractivity contribution in [3.8, 4) is 0 Å². The number of rotatable bonds is 4. The molecule has 0 bridgehead atoms. The molecule has 1 spiro atoms. The zero-order valence-corrected chi connectivity index (χ0v) is 13.5. The van der Waals surface area contributed by atoms with Gasteiger partial charge in [0.05, 0.1) is 19.3 Å². The van der Waals surface area contributed by atoms with Gasteiger partial charge in [0.25, 0.3) is 0 Å². The lowest BCUT2D eigenvalue weighted by molar-refractivity contribution is -0.119. The first-order valence-corrected chi connectivity index (χ1v) is 8.29. The number of nitrogens with two attached hydrogens (primary N) is 1. The summed E-state index contributed by atoms with van der Waals surface area (Å²) >= 11 is 6.05. The van der Waals surface area contributed by atoms with Crippen molar-refractivity contribution in [3.63, 3.8) is 0 Å². The molecule has 1 atom stereocenters. The molecule has 1 unspecified atom stereocenters. The zero-order chi connectivity index (χ0) is 15.6. The lowest BCUT2D eigenvalue weighted by Crippen LogP contribution is -2.44. The maximum Gasteiger partial charge on any atom is 0.231 e. The molecule has 4 nitrogen and oxygen atoms in total. The van der Waals surface area contributed by atoms with Gasteiger partial charge in [0.15, 0.2) is 0 Å². The smallest absolute Gasteiger partial charge is 0.231 e. The number of nitrogens with zero attached hydrogens (tertiary/aromatic N) is 1. The van der Waals surface area contributed by atoms with Gasteiger partial charge in [-0.1, -0.05) is 23.7 Å². The normalized spacial score (nSPS) is 24.7. The van der Waals surface area contributed by atoms with E-state index in [0.29, 0.717) is 6.54 Å². The van der Waals surface area contributed by atoms with Gasteiger partial charge in [-0.2, -0.15) is 0 Å². The van der Waals surface area contributed by atoms with Crippen LogP contribution < -0.4 is 5.73 Å². The third-order valence-corrected chi connectivity index (χ3v) is 5.17. The van der Waals surface area contributed by atoms with Crippen molar-refractivity contribution >= 4 is 17.5 Å². The maximum atomic E-state index is 11.0. The van der Waals surface area contributed by atoms with Gasteiger partial charge in [-0.15, -0.1) is 0 Å². The Balaban J connectivity index is 1.53. The van der Waals surface area contributed by atoms with Crippen LogP contribution in [0.5, 0.6) is 0 Å². The van der Waals surface area contributed by atoms with Crippen LogP contribution in [-0.4, -0.2) is 43.2 Å². The zero-order valence-electron chi connectivity index (χ0n) is 12.8. The summed E-state index contributed by atoms with van der Waals surface area (Å²) < 4.78 is 6.05. The first kappa shape index (κ1) is 15.8. The van der Waals surface area contributed by atoms with Crippen LogP contribution >= 0.6 is 11.6 Å². The van der Waals surface area contributed by atoms with E-state index < -0.39 is 0 Å². The average Bonchev–Trinajstić information content (AvgIpc) is 2.84. The quantitative estimate of drug-likeness (QED) is 0.925. The van der Waals surface area contributed by atoms with Crippen LogP contribution in [-0.2, 0) is 16.0 Å². The lowest BCUT2D eigenvalue weighted by atomic mass is 9.76. The summed E-state index contributed by atoms with van der Waals surface area (Å²) in [5.41, 5.74) is 6.80. The van der Waals surface area contributed by atoms with Crippen LogP contribution in [0.25, 0.3) is 0 Å². The molecule has 5 heteroatoms. The molecule has 22 heavy (non-hydrogen) atoms. The number of hydrogen-bond donors (Lipinski definition) is 1. The first-order valence-electron chi connectivity index (χ1n) is 7.91. The number of carbonyl (C=O) groups excluding carboxylic acids is 1. The van der Waals surface area contributed by atoms with Gasteiger partial charge in [-0.25, -0.2) is 0 Å². The first-order chi connectivity index (χ1) is 10.5. The van der Waals surface area contributed by atoms with E-state index in [2.05, 4.69) is 11.0 Å². The second-order valence-corrected chi connectivity index (χ2v) is 7.15. The molecule has 1 amide bonds. The molecule has 2 saturated heterocycles. The molecule has 2 N–H and O–H groups in total. The Bertz CT molecular complexity index is 541. The van der Waals surface area contributed by atoms with E-state index in [1.165, 1.54) is 5.56 Å². The van der Waals surface area contributed by atoms with E-state index in [1.54, 1.807) is 0 Å². The minimum atomic E-state index is -0.238. The average molecular weight is 323 g/mol. The van der Waals surface area contributed by atoms with Crippen molar-refractivity contribution in [1.82, 2.24) is 4.90 Å². The highest BCUT2D eigenvalue weighted by atomic mass is 35.5. The maximum absolute atomic E-state index is 11.0. The van der Waals surface area contributed by atoms with Crippen LogP contribution in [0.3, 0.4) is 0 Å². The number of amides is 1. The molecule has 0 aromatic heterocycles. The molecule has 0 aliphatic carbocycles. The Morgan fingerprint density at radius 1 is 1.41 bits per heavy atom. The fourth-order valence-corrected chi connectivity index (χ4v) is 3.92. The molecule has 3 rings (SSSR count). The molecule has 0 saturated carbocycles. The van der Waals surface area contributed by atoms with Gasteiger partial charge in [0, 0.05) is 5.02 Å². The monoisotopic (exact) mass is 322 g/mol. The highest BCUT2D eigenvalue weighted by Gasteiger charge is 2.42. The minimum Gasteiger partial charge on any atom is -0.377 e. The van der Waals surface area contributed by atoms with E-state index in [4.69, 9.17) is 22.1 Å². The van der Waals surface area contributed by atoms with Crippen molar-refractivity contribution in [2.45, 2.75) is 31.8 Å². The van der Waals surface area contributed by atoms with Gasteiger partial charge in [0.2, 0.25) is 5.91 Å². The fourth-order valence-electron chi connectivity index (χ4n) is 3.71. The number of carbonyl (C=O) groups is 1. The molecule has 0 radical (unpaired) electrons. The molecular weight excluding hydrogens is 300 g/mol. The van der Waals surface area contributed by atoms with E-state index in [1.807, 2.05) is 18.2 Å². The Labute approximate surface area is 136 Å². The predicted molar refractivity (Wildman–Crippen MR) is 86.8 cm³/mol. The van der Waals surface area contributed by atoms with E-state index >= 15 is 0 Å². The second kappa shape index (κ2) is 6.57. The molecule has 2 heterocycles. The second-order valence-electron chi connectivity index (χ2n) is 6.71. The van der Waals surface area contributed by atoms with Crippen LogP contribution in [0.15, 0.2) is 24.3 Å². The number of benzene rings is 1.